The molecule has 0 bridgehead atoms. The van der Waals surface area contributed by atoms with Gasteiger partial charge in [0.25, 0.3) is 5.91 Å². The first-order chi connectivity index (χ1) is 11.2. The van der Waals surface area contributed by atoms with Crippen LogP contribution in [0.25, 0.3) is 0 Å². The number of benzene rings is 1. The van der Waals surface area contributed by atoms with Crippen molar-refractivity contribution >= 4 is 5.91 Å². The molecule has 0 spiro atoms. The topological polar surface area (TPSA) is 36.7 Å². The number of hydrogen-bond acceptors (Lipinski definition) is 3. The Balaban J connectivity index is 1.62. The lowest BCUT2D eigenvalue weighted by atomic mass is 9.69. The van der Waals surface area contributed by atoms with Crippen LogP contribution in [0, 0.1) is 0 Å². The van der Waals surface area contributed by atoms with Crippen LogP contribution in [0.15, 0.2) is 53.1 Å². The van der Waals surface area contributed by atoms with Crippen LogP contribution in [0.3, 0.4) is 0 Å². The molecule has 23 heavy (non-hydrogen) atoms. The fourth-order valence-corrected chi connectivity index (χ4v) is 4.35. The second-order valence-corrected chi connectivity index (χ2v) is 6.75. The van der Waals surface area contributed by atoms with Crippen molar-refractivity contribution in [3.05, 3.63) is 60.1 Å². The zero-order valence-corrected chi connectivity index (χ0v) is 13.4. The average molecular weight is 310 g/mol. The summed E-state index contributed by atoms with van der Waals surface area (Å²) in [6.07, 6.45) is 3.74. The number of piperidine rings is 1. The third-order valence-electron chi connectivity index (χ3n) is 5.67. The van der Waals surface area contributed by atoms with Crippen molar-refractivity contribution in [2.75, 3.05) is 26.7 Å². The molecule has 4 heteroatoms. The molecule has 2 aliphatic rings. The Morgan fingerprint density at radius 1 is 1.13 bits per heavy atom. The molecule has 1 amide bonds. The number of likely N-dealkylation sites (tertiary alicyclic amines) is 2. The van der Waals surface area contributed by atoms with Gasteiger partial charge in [-0.25, -0.2) is 0 Å². The summed E-state index contributed by atoms with van der Waals surface area (Å²) in [5, 5.41) is 0. The van der Waals surface area contributed by atoms with Gasteiger partial charge in [-0.05, 0) is 44.1 Å². The third-order valence-corrected chi connectivity index (χ3v) is 5.67. The van der Waals surface area contributed by atoms with Gasteiger partial charge in [-0.3, -0.25) is 4.79 Å². The van der Waals surface area contributed by atoms with E-state index >= 15 is 0 Å². The summed E-state index contributed by atoms with van der Waals surface area (Å²) in [5.41, 5.74) is 1.59. The Morgan fingerprint density at radius 3 is 2.65 bits per heavy atom. The average Bonchev–Trinajstić information content (AvgIpc) is 3.24. The van der Waals surface area contributed by atoms with Gasteiger partial charge >= 0.3 is 0 Å². The lowest BCUT2D eigenvalue weighted by Crippen LogP contribution is -2.56. The smallest absolute Gasteiger partial charge is 0.289 e. The lowest BCUT2D eigenvalue weighted by molar-refractivity contribution is 0.0524. The molecule has 1 aromatic heterocycles. The summed E-state index contributed by atoms with van der Waals surface area (Å²) in [5.74, 6) is 0.454. The molecule has 2 fully saturated rings. The van der Waals surface area contributed by atoms with Crippen molar-refractivity contribution in [3.8, 4) is 0 Å². The van der Waals surface area contributed by atoms with Gasteiger partial charge in [0.15, 0.2) is 5.76 Å². The van der Waals surface area contributed by atoms with E-state index in [2.05, 4.69) is 42.3 Å². The number of fused-ring (bicyclic) bond motifs is 1. The number of rotatable bonds is 2. The molecule has 2 aromatic rings. The predicted molar refractivity (Wildman–Crippen MR) is 88.4 cm³/mol. The van der Waals surface area contributed by atoms with Gasteiger partial charge in [0.05, 0.1) is 6.26 Å². The largest absolute Gasteiger partial charge is 0.459 e. The van der Waals surface area contributed by atoms with Gasteiger partial charge in [-0.1, -0.05) is 30.3 Å². The van der Waals surface area contributed by atoms with Crippen LogP contribution >= 0.6 is 0 Å². The van der Waals surface area contributed by atoms with E-state index in [0.717, 1.165) is 26.1 Å². The molecule has 2 atom stereocenters. The fourth-order valence-electron chi connectivity index (χ4n) is 4.35. The summed E-state index contributed by atoms with van der Waals surface area (Å²) in [4.78, 5) is 17.0. The molecule has 4 rings (SSSR count). The van der Waals surface area contributed by atoms with E-state index in [1.807, 2.05) is 4.90 Å². The highest BCUT2D eigenvalue weighted by atomic mass is 16.3. The maximum Gasteiger partial charge on any atom is 0.289 e. The van der Waals surface area contributed by atoms with Crippen LogP contribution in [0.4, 0.5) is 0 Å². The van der Waals surface area contributed by atoms with E-state index in [4.69, 9.17) is 4.42 Å². The Kier molecular flexibility index (Phi) is 3.49. The molecule has 2 saturated heterocycles. The highest BCUT2D eigenvalue weighted by Gasteiger charge is 2.50. The SMILES string of the molecule is CN1CC[C@@]2(c3ccccc3)CCN(C(=O)c3ccco3)C[C@@H]12. The van der Waals surface area contributed by atoms with Crippen LogP contribution in [0.5, 0.6) is 0 Å². The standard InChI is InChI=1S/C19H22N2O2/c1-20-11-9-19(15-6-3-2-4-7-15)10-12-21(14-17(19)20)18(22)16-8-5-13-23-16/h2-8,13,17H,9-12,14H2,1H3/t17-,19+/m1/s1. The number of nitrogens with zero attached hydrogens (tertiary/aromatic N) is 2. The molecule has 4 nitrogen and oxygen atoms in total. The van der Waals surface area contributed by atoms with Crippen LogP contribution in [-0.2, 0) is 5.41 Å². The van der Waals surface area contributed by atoms with Gasteiger partial charge in [0.2, 0.25) is 0 Å². The number of likely N-dealkylation sites (N-methyl/N-ethyl adjacent to an activating group) is 1. The quantitative estimate of drug-likeness (QED) is 0.856. The van der Waals surface area contributed by atoms with Crippen molar-refractivity contribution < 1.29 is 9.21 Å². The molecule has 1 aromatic carbocycles. The number of amides is 1. The van der Waals surface area contributed by atoms with Crippen LogP contribution in [0.2, 0.25) is 0 Å². The minimum atomic E-state index is 0.0111. The minimum Gasteiger partial charge on any atom is -0.459 e. The van der Waals surface area contributed by atoms with Crippen LogP contribution in [-0.4, -0.2) is 48.4 Å². The Bertz CT molecular complexity index is 683. The zero-order valence-electron chi connectivity index (χ0n) is 13.4. The molecule has 120 valence electrons. The molecular weight excluding hydrogens is 288 g/mol. The number of hydrogen-bond donors (Lipinski definition) is 0. The van der Waals surface area contributed by atoms with Gasteiger partial charge in [0, 0.05) is 24.5 Å². The normalized spacial score (nSPS) is 27.9. The second kappa shape index (κ2) is 5.53. The number of furan rings is 1. The summed E-state index contributed by atoms with van der Waals surface area (Å²) >= 11 is 0. The number of carbonyl (C=O) groups excluding carboxylic acids is 1. The fraction of sp³-hybridized carbons (Fsp3) is 0.421. The third kappa shape index (κ3) is 2.29. The van der Waals surface area contributed by atoms with Crippen LogP contribution < -0.4 is 0 Å². The van der Waals surface area contributed by atoms with Gasteiger partial charge < -0.3 is 14.2 Å². The first-order valence-corrected chi connectivity index (χ1v) is 8.29. The van der Waals surface area contributed by atoms with E-state index in [1.54, 1.807) is 18.4 Å². The maximum atomic E-state index is 12.6. The molecule has 0 aliphatic carbocycles. The Hall–Kier alpha value is -2.07. The monoisotopic (exact) mass is 310 g/mol. The first-order valence-electron chi connectivity index (χ1n) is 8.29. The van der Waals surface area contributed by atoms with Crippen molar-refractivity contribution in [1.82, 2.24) is 9.80 Å². The predicted octanol–water partition coefficient (Wildman–Crippen LogP) is 2.77. The van der Waals surface area contributed by atoms with E-state index in [0.29, 0.717) is 11.8 Å². The highest BCUT2D eigenvalue weighted by molar-refractivity contribution is 5.91. The molecule has 0 unspecified atom stereocenters. The van der Waals surface area contributed by atoms with Gasteiger partial charge in [0.1, 0.15) is 0 Å². The molecule has 0 radical (unpaired) electrons. The number of carbonyl (C=O) groups is 1. The second-order valence-electron chi connectivity index (χ2n) is 6.75. The van der Waals surface area contributed by atoms with Crippen molar-refractivity contribution in [2.24, 2.45) is 0 Å². The van der Waals surface area contributed by atoms with Crippen molar-refractivity contribution in [1.29, 1.82) is 0 Å². The molecule has 3 heterocycles. The molecular formula is C19H22N2O2. The summed E-state index contributed by atoms with van der Waals surface area (Å²) in [6.45, 7) is 2.64. The van der Waals surface area contributed by atoms with E-state index in [1.165, 1.54) is 12.0 Å². The summed E-state index contributed by atoms with van der Waals surface area (Å²) < 4.78 is 5.29. The maximum absolute atomic E-state index is 12.6. The summed E-state index contributed by atoms with van der Waals surface area (Å²) in [6, 6.07) is 14.7. The van der Waals surface area contributed by atoms with Crippen molar-refractivity contribution in [3.63, 3.8) is 0 Å². The molecule has 2 aliphatic heterocycles. The Labute approximate surface area is 136 Å². The van der Waals surface area contributed by atoms with Gasteiger partial charge in [-0.2, -0.15) is 0 Å². The van der Waals surface area contributed by atoms with E-state index in [-0.39, 0.29) is 11.3 Å². The first kappa shape index (κ1) is 14.5. The van der Waals surface area contributed by atoms with E-state index in [9.17, 15) is 4.79 Å². The van der Waals surface area contributed by atoms with Crippen LogP contribution in [0.1, 0.15) is 29.0 Å². The van der Waals surface area contributed by atoms with E-state index < -0.39 is 0 Å². The zero-order chi connectivity index (χ0) is 15.9. The Morgan fingerprint density at radius 2 is 1.91 bits per heavy atom. The minimum absolute atomic E-state index is 0.0111. The summed E-state index contributed by atoms with van der Waals surface area (Å²) in [7, 11) is 2.18. The van der Waals surface area contributed by atoms with Crippen molar-refractivity contribution in [2.45, 2.75) is 24.3 Å². The lowest BCUT2D eigenvalue weighted by Gasteiger charge is -2.46. The molecule has 0 N–H and O–H groups in total. The highest BCUT2D eigenvalue weighted by Crippen LogP contribution is 2.45. The molecule has 0 saturated carbocycles. The van der Waals surface area contributed by atoms with Gasteiger partial charge in [-0.15, -0.1) is 0 Å².